The number of fused-ring (bicyclic) bond motifs is 1. The minimum absolute atomic E-state index is 0.0763. The number of alkyl halides is 3. The van der Waals surface area contributed by atoms with Gasteiger partial charge in [-0.1, -0.05) is 48.0 Å². The number of pyridine rings is 1. The molecule has 3 heterocycles. The van der Waals surface area contributed by atoms with Crippen molar-refractivity contribution in [2.45, 2.75) is 31.0 Å². The Morgan fingerprint density at radius 2 is 1.87 bits per heavy atom. The standard InChI is InChI=1S/C27H25ClF3N3O3S2/c1-26(35,27(29,30)31)18-10-11-32-23(15-18)20-8-4-6-17-14-24(38-25(17)20)21(19-7-2-3-9-22(19)28)16-33-39(36,37)34-12-5-13-34/h2-4,6-11,14-15,21,33,35H,5,12-13,16H2,1H3. The second kappa shape index (κ2) is 10.5. The fraction of sp³-hybridized carbons (Fsp3) is 0.296. The van der Waals surface area contributed by atoms with Gasteiger partial charge in [0.15, 0.2) is 5.60 Å². The van der Waals surface area contributed by atoms with Gasteiger partial charge in [-0.25, -0.2) is 4.72 Å². The van der Waals surface area contributed by atoms with E-state index in [0.717, 1.165) is 33.0 Å². The van der Waals surface area contributed by atoms with Crippen LogP contribution in [0.3, 0.4) is 0 Å². The summed E-state index contributed by atoms with van der Waals surface area (Å²) in [7, 11) is -3.64. The lowest BCUT2D eigenvalue weighted by Crippen LogP contribution is -2.48. The molecular formula is C27H25ClF3N3O3S2. The van der Waals surface area contributed by atoms with E-state index in [9.17, 15) is 26.7 Å². The molecule has 2 aromatic carbocycles. The van der Waals surface area contributed by atoms with E-state index in [2.05, 4.69) is 9.71 Å². The Labute approximate surface area is 233 Å². The normalized spacial score (nSPS) is 17.1. The number of aromatic nitrogens is 1. The Morgan fingerprint density at radius 3 is 2.54 bits per heavy atom. The maximum absolute atomic E-state index is 13.5. The van der Waals surface area contributed by atoms with E-state index in [4.69, 9.17) is 11.6 Å². The molecule has 206 valence electrons. The van der Waals surface area contributed by atoms with E-state index in [1.807, 2.05) is 24.3 Å². The monoisotopic (exact) mass is 595 g/mol. The predicted octanol–water partition coefficient (Wildman–Crippen LogP) is 6.06. The molecule has 2 atom stereocenters. The van der Waals surface area contributed by atoms with Gasteiger partial charge in [-0.15, -0.1) is 11.3 Å². The Kier molecular flexibility index (Phi) is 7.51. The molecule has 6 nitrogen and oxygen atoms in total. The van der Waals surface area contributed by atoms with Gasteiger partial charge >= 0.3 is 6.18 Å². The highest BCUT2D eigenvalue weighted by atomic mass is 35.5. The van der Waals surface area contributed by atoms with E-state index in [0.29, 0.717) is 30.6 Å². The van der Waals surface area contributed by atoms with E-state index in [-0.39, 0.29) is 17.8 Å². The molecule has 0 saturated carbocycles. The van der Waals surface area contributed by atoms with Crippen LogP contribution in [0.25, 0.3) is 21.3 Å². The molecule has 2 unspecified atom stereocenters. The SMILES string of the molecule is CC(O)(c1ccnc(-c2cccc3cc(C(CNS(=O)(=O)N4CCC4)c4ccccc4Cl)sc23)c1)C(F)(F)F. The van der Waals surface area contributed by atoms with Gasteiger partial charge in [0.05, 0.1) is 5.69 Å². The molecule has 4 aromatic rings. The van der Waals surface area contributed by atoms with Crippen LogP contribution in [0.1, 0.15) is 35.3 Å². The van der Waals surface area contributed by atoms with E-state index >= 15 is 0 Å². The molecule has 2 N–H and O–H groups in total. The van der Waals surface area contributed by atoms with Crippen LogP contribution in [0.4, 0.5) is 13.2 Å². The quantitative estimate of drug-likeness (QED) is 0.259. The molecule has 0 spiro atoms. The molecule has 0 amide bonds. The number of rotatable bonds is 8. The molecule has 0 aliphatic carbocycles. The minimum Gasteiger partial charge on any atom is -0.376 e. The van der Waals surface area contributed by atoms with Crippen molar-refractivity contribution in [3.8, 4) is 11.3 Å². The third kappa shape index (κ3) is 5.44. The lowest BCUT2D eigenvalue weighted by molar-refractivity contribution is -0.258. The van der Waals surface area contributed by atoms with Gasteiger partial charge < -0.3 is 5.11 Å². The highest BCUT2D eigenvalue weighted by Gasteiger charge is 2.51. The second-order valence-corrected chi connectivity index (χ2v) is 12.8. The first-order valence-corrected chi connectivity index (χ1v) is 14.8. The van der Waals surface area contributed by atoms with Crippen LogP contribution in [-0.2, 0) is 15.8 Å². The van der Waals surface area contributed by atoms with E-state index in [1.54, 1.807) is 24.3 Å². The van der Waals surface area contributed by atoms with Gasteiger partial charge in [0.1, 0.15) is 0 Å². The predicted molar refractivity (Wildman–Crippen MR) is 147 cm³/mol. The van der Waals surface area contributed by atoms with Crippen LogP contribution in [0, 0.1) is 0 Å². The maximum atomic E-state index is 13.5. The van der Waals surface area contributed by atoms with Gasteiger partial charge in [0.25, 0.3) is 10.2 Å². The average Bonchev–Trinajstić information content (AvgIpc) is 3.27. The average molecular weight is 596 g/mol. The fourth-order valence-corrected chi connectivity index (χ4v) is 7.30. The van der Waals surface area contributed by atoms with E-state index < -0.39 is 27.9 Å². The number of hydrogen-bond donors (Lipinski definition) is 2. The highest BCUT2D eigenvalue weighted by molar-refractivity contribution is 7.87. The number of halogens is 4. The van der Waals surface area contributed by atoms with Crippen molar-refractivity contribution in [3.05, 3.63) is 87.9 Å². The molecule has 2 aromatic heterocycles. The zero-order valence-corrected chi connectivity index (χ0v) is 23.1. The number of nitrogens with one attached hydrogen (secondary N) is 1. The fourth-order valence-electron chi connectivity index (χ4n) is 4.43. The highest BCUT2D eigenvalue weighted by Crippen LogP contribution is 2.42. The lowest BCUT2D eigenvalue weighted by atomic mass is 9.94. The Balaban J connectivity index is 1.56. The number of aliphatic hydroxyl groups is 1. The summed E-state index contributed by atoms with van der Waals surface area (Å²) in [5, 5.41) is 11.5. The Hall–Kier alpha value is -2.54. The summed E-state index contributed by atoms with van der Waals surface area (Å²) in [6.07, 6.45) is -2.80. The maximum Gasteiger partial charge on any atom is 0.421 e. The molecule has 5 rings (SSSR count). The number of thiophene rings is 1. The topological polar surface area (TPSA) is 82.5 Å². The molecule has 0 bridgehead atoms. The van der Waals surface area contributed by atoms with Crippen molar-refractivity contribution in [1.29, 1.82) is 0 Å². The summed E-state index contributed by atoms with van der Waals surface area (Å²) >= 11 is 7.93. The summed E-state index contributed by atoms with van der Waals surface area (Å²) < 4.78 is 70.8. The first kappa shape index (κ1) is 28.0. The van der Waals surface area contributed by atoms with Gasteiger partial charge in [-0.05, 0) is 54.1 Å². The molecule has 12 heteroatoms. The Bertz CT molecular complexity index is 1620. The molecule has 1 aliphatic heterocycles. The molecule has 1 saturated heterocycles. The second-order valence-electron chi connectivity index (χ2n) is 9.55. The first-order valence-electron chi connectivity index (χ1n) is 12.2. The number of hydrogen-bond acceptors (Lipinski definition) is 5. The lowest BCUT2D eigenvalue weighted by Gasteiger charge is -2.30. The smallest absolute Gasteiger partial charge is 0.376 e. The van der Waals surface area contributed by atoms with Crippen LogP contribution >= 0.6 is 22.9 Å². The molecule has 1 fully saturated rings. The summed E-state index contributed by atoms with van der Waals surface area (Å²) in [5.74, 6) is -0.412. The minimum atomic E-state index is -4.86. The van der Waals surface area contributed by atoms with Crippen molar-refractivity contribution in [1.82, 2.24) is 14.0 Å². The molecule has 1 aliphatic rings. The van der Waals surface area contributed by atoms with Crippen LogP contribution < -0.4 is 4.72 Å². The number of nitrogens with zero attached hydrogens (tertiary/aromatic N) is 2. The third-order valence-corrected chi connectivity index (χ3v) is 10.2. The van der Waals surface area contributed by atoms with Crippen LogP contribution in [0.5, 0.6) is 0 Å². The molecule has 0 radical (unpaired) electrons. The Morgan fingerprint density at radius 1 is 1.13 bits per heavy atom. The van der Waals surface area contributed by atoms with E-state index in [1.165, 1.54) is 27.9 Å². The number of benzene rings is 2. The van der Waals surface area contributed by atoms with Crippen molar-refractivity contribution in [2.24, 2.45) is 0 Å². The molecular weight excluding hydrogens is 571 g/mol. The van der Waals surface area contributed by atoms with Gasteiger partial charge in [-0.2, -0.15) is 25.9 Å². The summed E-state index contributed by atoms with van der Waals surface area (Å²) in [6.45, 7) is 1.75. The third-order valence-electron chi connectivity index (χ3n) is 6.96. The van der Waals surface area contributed by atoms with Crippen LogP contribution in [0.15, 0.2) is 66.9 Å². The van der Waals surface area contributed by atoms with Gasteiger partial charge in [0, 0.05) is 51.9 Å². The van der Waals surface area contributed by atoms with Crippen molar-refractivity contribution >= 4 is 43.2 Å². The zero-order valence-electron chi connectivity index (χ0n) is 20.7. The largest absolute Gasteiger partial charge is 0.421 e. The zero-order chi connectivity index (χ0) is 28.0. The van der Waals surface area contributed by atoms with Crippen molar-refractivity contribution in [2.75, 3.05) is 19.6 Å². The van der Waals surface area contributed by atoms with Crippen molar-refractivity contribution in [3.63, 3.8) is 0 Å². The molecule has 39 heavy (non-hydrogen) atoms. The van der Waals surface area contributed by atoms with Crippen molar-refractivity contribution < 1.29 is 26.7 Å². The van der Waals surface area contributed by atoms with Crippen LogP contribution in [-0.4, -0.2) is 48.6 Å². The van der Waals surface area contributed by atoms with Crippen LogP contribution in [0.2, 0.25) is 5.02 Å². The first-order chi connectivity index (χ1) is 18.4. The summed E-state index contributed by atoms with van der Waals surface area (Å²) in [6, 6.07) is 17.0. The van der Waals surface area contributed by atoms with Gasteiger partial charge in [-0.3, -0.25) is 4.98 Å². The van der Waals surface area contributed by atoms with Gasteiger partial charge in [0.2, 0.25) is 0 Å². The summed E-state index contributed by atoms with van der Waals surface area (Å²) in [5.41, 5.74) is -1.73. The summed E-state index contributed by atoms with van der Waals surface area (Å²) in [4.78, 5) is 5.12.